The van der Waals surface area contributed by atoms with Gasteiger partial charge >= 0.3 is 0 Å². The van der Waals surface area contributed by atoms with Crippen LogP contribution in [0.5, 0.6) is 5.75 Å². The first kappa shape index (κ1) is 21.1. The van der Waals surface area contributed by atoms with E-state index in [9.17, 15) is 4.79 Å². The number of benzene rings is 2. The smallest absolute Gasteiger partial charge is 0.261 e. The third kappa shape index (κ3) is 5.92. The predicted octanol–water partition coefficient (Wildman–Crippen LogP) is 5.43. The van der Waals surface area contributed by atoms with Gasteiger partial charge in [0.1, 0.15) is 5.75 Å². The minimum absolute atomic E-state index is 0.0430. The summed E-state index contributed by atoms with van der Waals surface area (Å²) in [6, 6.07) is 14.1. The molecule has 0 fully saturated rings. The van der Waals surface area contributed by atoms with Gasteiger partial charge in [-0.05, 0) is 67.0 Å². The summed E-state index contributed by atoms with van der Waals surface area (Å²) in [5.74, 6) is 2.44. The van der Waals surface area contributed by atoms with Crippen LogP contribution in [0.25, 0.3) is 0 Å². The first-order valence-electron chi connectivity index (χ1n) is 10.0. The summed E-state index contributed by atoms with van der Waals surface area (Å²) in [7, 11) is 0. The number of carbonyl (C=O) groups excluding carboxylic acids is 1. The van der Waals surface area contributed by atoms with Crippen molar-refractivity contribution in [2.24, 2.45) is 0 Å². The molecule has 0 spiro atoms. The van der Waals surface area contributed by atoms with Gasteiger partial charge < -0.3 is 10.1 Å². The van der Waals surface area contributed by atoms with Crippen LogP contribution in [0.15, 0.2) is 42.5 Å². The highest BCUT2D eigenvalue weighted by Gasteiger charge is 2.19. The molecule has 1 N–H and O–H groups in total. The van der Waals surface area contributed by atoms with E-state index < -0.39 is 6.10 Å². The van der Waals surface area contributed by atoms with Gasteiger partial charge in [0.25, 0.3) is 5.91 Å². The van der Waals surface area contributed by atoms with Crippen LogP contribution in [0.2, 0.25) is 5.02 Å². The van der Waals surface area contributed by atoms with Gasteiger partial charge in [0, 0.05) is 23.1 Å². The predicted molar refractivity (Wildman–Crippen MR) is 118 cm³/mol. The molecule has 0 radical (unpaired) electrons. The van der Waals surface area contributed by atoms with Crippen LogP contribution in [-0.4, -0.2) is 24.3 Å². The molecule has 0 heterocycles. The average molecular weight is 418 g/mol. The van der Waals surface area contributed by atoms with Gasteiger partial charge in [-0.3, -0.25) is 4.79 Å². The Morgan fingerprint density at radius 3 is 2.75 bits per heavy atom. The highest BCUT2D eigenvalue weighted by molar-refractivity contribution is 7.98. The third-order valence-electron chi connectivity index (χ3n) is 5.02. The first-order chi connectivity index (χ1) is 13.7. The highest BCUT2D eigenvalue weighted by atomic mass is 35.5. The van der Waals surface area contributed by atoms with E-state index in [0.29, 0.717) is 13.0 Å². The number of amides is 1. The number of carbonyl (C=O) groups is 1. The zero-order valence-electron chi connectivity index (χ0n) is 16.4. The molecule has 3 rings (SSSR count). The molecular formula is C23H28ClNO2S. The van der Waals surface area contributed by atoms with Crippen LogP contribution in [-0.2, 0) is 23.4 Å². The van der Waals surface area contributed by atoms with E-state index in [-0.39, 0.29) is 5.91 Å². The van der Waals surface area contributed by atoms with Crippen LogP contribution < -0.4 is 10.1 Å². The van der Waals surface area contributed by atoms with E-state index in [1.54, 1.807) is 11.8 Å². The van der Waals surface area contributed by atoms with E-state index in [0.717, 1.165) is 40.7 Å². The summed E-state index contributed by atoms with van der Waals surface area (Å²) in [5.41, 5.74) is 3.92. The molecule has 1 atom stereocenters. The Morgan fingerprint density at radius 2 is 1.96 bits per heavy atom. The molecule has 2 aromatic rings. The fourth-order valence-corrected chi connectivity index (χ4v) is 4.57. The molecule has 0 aliphatic heterocycles. The molecule has 5 heteroatoms. The third-order valence-corrected chi connectivity index (χ3v) is 6.40. The molecule has 150 valence electrons. The SMILES string of the molecule is CC[C@H](Oc1ccc2c(c1)CCCC2)C(=O)NCCSCc1ccccc1Cl. The lowest BCUT2D eigenvalue weighted by molar-refractivity contribution is -0.127. The number of thioether (sulfide) groups is 1. The minimum atomic E-state index is -0.449. The molecule has 3 nitrogen and oxygen atoms in total. The van der Waals surface area contributed by atoms with Crippen molar-refractivity contribution in [3.8, 4) is 5.75 Å². The quantitative estimate of drug-likeness (QED) is 0.553. The highest BCUT2D eigenvalue weighted by Crippen LogP contribution is 2.26. The number of nitrogens with one attached hydrogen (secondary N) is 1. The van der Waals surface area contributed by atoms with E-state index in [1.165, 1.54) is 24.0 Å². The maximum absolute atomic E-state index is 12.5. The molecule has 0 unspecified atom stereocenters. The van der Waals surface area contributed by atoms with Crippen LogP contribution in [0.4, 0.5) is 0 Å². The lowest BCUT2D eigenvalue weighted by Gasteiger charge is -2.20. The number of hydrogen-bond acceptors (Lipinski definition) is 3. The Bertz CT molecular complexity index is 796. The molecule has 28 heavy (non-hydrogen) atoms. The van der Waals surface area contributed by atoms with Crippen LogP contribution in [0.1, 0.15) is 42.9 Å². The lowest BCUT2D eigenvalue weighted by atomic mass is 9.92. The topological polar surface area (TPSA) is 38.3 Å². The summed E-state index contributed by atoms with van der Waals surface area (Å²) >= 11 is 7.93. The Balaban J connectivity index is 1.43. The number of rotatable bonds is 9. The molecule has 0 saturated carbocycles. The summed E-state index contributed by atoms with van der Waals surface area (Å²) < 4.78 is 6.00. The molecule has 2 aromatic carbocycles. The molecule has 1 aliphatic carbocycles. The molecule has 1 amide bonds. The summed E-state index contributed by atoms with van der Waals surface area (Å²) in [6.07, 6.45) is 4.96. The summed E-state index contributed by atoms with van der Waals surface area (Å²) in [6.45, 7) is 2.60. The molecular weight excluding hydrogens is 390 g/mol. The summed E-state index contributed by atoms with van der Waals surface area (Å²) in [4.78, 5) is 12.5. The van der Waals surface area contributed by atoms with Gasteiger partial charge in [-0.25, -0.2) is 0 Å². The van der Waals surface area contributed by atoms with Crippen molar-refractivity contribution in [1.29, 1.82) is 0 Å². The Labute approximate surface area is 177 Å². The lowest BCUT2D eigenvalue weighted by Crippen LogP contribution is -2.39. The fraction of sp³-hybridized carbons (Fsp3) is 0.435. The van der Waals surface area contributed by atoms with Crippen molar-refractivity contribution in [2.45, 2.75) is 50.9 Å². The van der Waals surface area contributed by atoms with E-state index in [1.807, 2.05) is 37.3 Å². The van der Waals surface area contributed by atoms with Gasteiger partial charge in [-0.2, -0.15) is 11.8 Å². The standard InChI is InChI=1S/C23H28ClNO2S/c1-2-22(27-20-12-11-17-7-3-4-8-18(17)15-20)23(26)25-13-14-28-16-19-9-5-6-10-21(19)24/h5-6,9-12,15,22H,2-4,7-8,13-14,16H2,1H3,(H,25,26)/t22-/m0/s1. The van der Waals surface area contributed by atoms with Crippen molar-refractivity contribution in [3.63, 3.8) is 0 Å². The molecule has 0 aromatic heterocycles. The van der Waals surface area contributed by atoms with Gasteiger partial charge in [0.05, 0.1) is 0 Å². The van der Waals surface area contributed by atoms with E-state index in [2.05, 4.69) is 17.4 Å². The maximum Gasteiger partial charge on any atom is 0.261 e. The normalized spacial score (nSPS) is 14.2. The number of aryl methyl sites for hydroxylation is 2. The Hall–Kier alpha value is -1.65. The second-order valence-electron chi connectivity index (χ2n) is 7.09. The van der Waals surface area contributed by atoms with Crippen molar-refractivity contribution in [2.75, 3.05) is 12.3 Å². The molecule has 0 saturated heterocycles. The van der Waals surface area contributed by atoms with Crippen molar-refractivity contribution in [3.05, 3.63) is 64.2 Å². The minimum Gasteiger partial charge on any atom is -0.481 e. The Morgan fingerprint density at radius 1 is 1.18 bits per heavy atom. The van der Waals surface area contributed by atoms with Gasteiger partial charge in [-0.1, -0.05) is 42.8 Å². The Kier molecular flexibility index (Phi) is 8.11. The number of hydrogen-bond donors (Lipinski definition) is 1. The first-order valence-corrected chi connectivity index (χ1v) is 11.6. The van der Waals surface area contributed by atoms with Crippen molar-refractivity contribution < 1.29 is 9.53 Å². The number of fused-ring (bicyclic) bond motifs is 1. The van der Waals surface area contributed by atoms with Gasteiger partial charge in [0.15, 0.2) is 6.10 Å². The van der Waals surface area contributed by atoms with Gasteiger partial charge in [0.2, 0.25) is 0 Å². The van der Waals surface area contributed by atoms with Crippen LogP contribution in [0.3, 0.4) is 0 Å². The monoisotopic (exact) mass is 417 g/mol. The second-order valence-corrected chi connectivity index (χ2v) is 8.60. The molecule has 1 aliphatic rings. The van der Waals surface area contributed by atoms with Crippen LogP contribution >= 0.6 is 23.4 Å². The van der Waals surface area contributed by atoms with E-state index >= 15 is 0 Å². The largest absolute Gasteiger partial charge is 0.481 e. The second kappa shape index (κ2) is 10.8. The average Bonchev–Trinajstić information content (AvgIpc) is 2.72. The van der Waals surface area contributed by atoms with Crippen molar-refractivity contribution in [1.82, 2.24) is 5.32 Å². The zero-order valence-corrected chi connectivity index (χ0v) is 18.0. The van der Waals surface area contributed by atoms with Gasteiger partial charge in [-0.15, -0.1) is 0 Å². The number of halogens is 1. The maximum atomic E-state index is 12.5. The summed E-state index contributed by atoms with van der Waals surface area (Å²) in [5, 5.41) is 3.79. The zero-order chi connectivity index (χ0) is 19.8. The van der Waals surface area contributed by atoms with E-state index in [4.69, 9.17) is 16.3 Å². The number of ether oxygens (including phenoxy) is 1. The fourth-order valence-electron chi connectivity index (χ4n) is 3.43. The molecule has 0 bridgehead atoms. The van der Waals surface area contributed by atoms with Crippen LogP contribution in [0, 0.1) is 0 Å². The van der Waals surface area contributed by atoms with Crippen molar-refractivity contribution >= 4 is 29.3 Å².